The van der Waals surface area contributed by atoms with E-state index in [4.69, 9.17) is 31.1 Å². The molecular weight excluding hydrogens is 1520 g/mol. The Labute approximate surface area is 751 Å². The maximum atomic E-state index is 13.9. The molecule has 123 heavy (non-hydrogen) atoms. The molecule has 25 atom stereocenters. The Morgan fingerprint density at radius 1 is 0.390 bits per heavy atom. The lowest BCUT2D eigenvalue weighted by atomic mass is 9.47. The number of hydrogen-bond acceptors (Lipinski definition) is 11. The summed E-state index contributed by atoms with van der Waals surface area (Å²) in [7, 11) is 0. The first kappa shape index (κ1) is 98.1. The van der Waals surface area contributed by atoms with Crippen LogP contribution in [-0.2, 0) is 23.8 Å². The van der Waals surface area contributed by atoms with Gasteiger partial charge in [0.25, 0.3) is 0 Å². The molecule has 8 N–H and O–H groups in total. The summed E-state index contributed by atoms with van der Waals surface area (Å²) < 4.78 is 19.1. The molecule has 3 amide bonds. The number of allylic oxidation sites excluding steroid dienone is 3. The molecule has 12 rings (SSSR count). The third-order valence-corrected chi connectivity index (χ3v) is 38.3. The summed E-state index contributed by atoms with van der Waals surface area (Å²) in [5, 5.41) is 17.1. The summed E-state index contributed by atoms with van der Waals surface area (Å²) >= 11 is 0. The number of nitrogens with two attached hydrogens (primary N) is 2. The van der Waals surface area contributed by atoms with Gasteiger partial charge in [0.15, 0.2) is 0 Å². The molecule has 0 radical (unpaired) electrons. The number of carbonyl (C=O) groups is 4. The van der Waals surface area contributed by atoms with Crippen LogP contribution in [0.1, 0.15) is 393 Å². The number of carbonyl (C=O) groups excluding carboxylic acids is 4. The Morgan fingerprint density at radius 2 is 0.724 bits per heavy atom. The second-order valence-corrected chi connectivity index (χ2v) is 47.2. The van der Waals surface area contributed by atoms with Gasteiger partial charge in [0.05, 0.1) is 11.9 Å². The molecule has 12 aliphatic rings. The predicted molar refractivity (Wildman–Crippen MR) is 507 cm³/mol. The van der Waals surface area contributed by atoms with E-state index in [2.05, 4.69) is 148 Å². The van der Waals surface area contributed by atoms with Crippen LogP contribution in [0, 0.1) is 144 Å². The SMILES string of the molecule is CC(C)CCCC(C)C1CCC2C3CC=C4CC(OC(=O)CCCCN(CCCCN(CCCNC(=O)OC5CCC6(C)C(=CCC7C6CCC6(C)C(C(C)CCCC(C)C)CCC76)C5)CCCNC(=O)OC5CCC6(C)C(=CCC7C6CCC6(C)C(C(C)CCCC(C)C)CCC76)C5)CCCNC(=O)C(N)CCCCC(=N)N)CCC4(C)C3CCC12C. The zero-order valence-electron chi connectivity index (χ0n) is 81.5. The first-order valence-corrected chi connectivity index (χ1v) is 52.7. The van der Waals surface area contributed by atoms with Gasteiger partial charge in [-0.2, -0.15) is 0 Å². The number of nitrogens with zero attached hydrogens (tertiary/aromatic N) is 2. The van der Waals surface area contributed by atoms with E-state index in [1.54, 1.807) is 16.7 Å². The van der Waals surface area contributed by atoms with Crippen LogP contribution in [0.4, 0.5) is 9.59 Å². The molecule has 15 nitrogen and oxygen atoms in total. The molecule has 0 spiro atoms. The van der Waals surface area contributed by atoms with E-state index in [1.165, 1.54) is 154 Å². The number of amides is 3. The second-order valence-electron chi connectivity index (χ2n) is 47.2. The van der Waals surface area contributed by atoms with Gasteiger partial charge in [-0.25, -0.2) is 9.59 Å². The van der Waals surface area contributed by atoms with Crippen LogP contribution >= 0.6 is 0 Å². The van der Waals surface area contributed by atoms with Crippen molar-refractivity contribution in [2.24, 2.45) is 150 Å². The van der Waals surface area contributed by atoms with Gasteiger partial charge >= 0.3 is 18.2 Å². The standard InChI is InChI=1S/C108H186N8O7/c1-73(2)28-22-31-76(7)88-43-46-91-85-40-37-79-70-82(49-55-103(79,10)94(85)52-58-106(88,91)13)121-99(117)36-18-19-64-115(67-25-61-112-100(118)97(109)34-16-17-35-98(110)111)65-20-21-66-116(68-26-62-113-101(119)122-83-50-56-104(11)80(71-83)38-41-86-92-47-44-89(77(8)32-23-29-74(3)4)107(92,14)59-53-95(86)104)69-27-63-114-102(120)123-84-51-57-105(12)81(72-84)39-42-87-93-48-45-90(78(9)33-24-30-75(5)6)108(93,15)60-54-96(87)105/h37-39,73-78,82-97H,16-36,40-72,109H2,1-15H3,(H3,110,111)(H,112,118)(H,113,119)(H,114,120). The summed E-state index contributed by atoms with van der Waals surface area (Å²) in [6.45, 7) is 44.5. The predicted octanol–water partition coefficient (Wildman–Crippen LogP) is 24.9. The highest BCUT2D eigenvalue weighted by Gasteiger charge is 2.63. The number of alkyl carbamates (subject to hydrolysis) is 2. The Morgan fingerprint density at radius 3 is 1.08 bits per heavy atom. The molecule has 9 saturated carbocycles. The molecule has 12 aliphatic carbocycles. The fourth-order valence-corrected chi connectivity index (χ4v) is 31.3. The normalized spacial score (nSPS) is 35.9. The van der Waals surface area contributed by atoms with Gasteiger partial charge in [-0.05, 0) is 371 Å². The number of ether oxygens (including phenoxy) is 3. The highest BCUT2D eigenvalue weighted by Crippen LogP contribution is 2.71. The van der Waals surface area contributed by atoms with Crippen molar-refractivity contribution in [3.63, 3.8) is 0 Å². The summed E-state index contributed by atoms with van der Waals surface area (Å²) in [5.74, 6) is 14.4. The molecule has 0 bridgehead atoms. The van der Waals surface area contributed by atoms with Crippen LogP contribution in [0.15, 0.2) is 34.9 Å². The van der Waals surface area contributed by atoms with Gasteiger partial charge in [0.1, 0.15) is 18.3 Å². The lowest BCUT2D eigenvalue weighted by Crippen LogP contribution is -2.51. The third-order valence-electron chi connectivity index (χ3n) is 38.3. The number of amidine groups is 1. The highest BCUT2D eigenvalue weighted by molar-refractivity contribution is 5.81. The van der Waals surface area contributed by atoms with Gasteiger partial charge in [-0.15, -0.1) is 0 Å². The Kier molecular flexibility index (Phi) is 35.3. The number of fused-ring (bicyclic) bond motifs is 15. The maximum absolute atomic E-state index is 13.9. The van der Waals surface area contributed by atoms with Gasteiger partial charge in [0, 0.05) is 51.7 Å². The van der Waals surface area contributed by atoms with Crippen molar-refractivity contribution in [2.45, 2.75) is 417 Å². The molecule has 0 heterocycles. The van der Waals surface area contributed by atoms with Crippen LogP contribution in [0.25, 0.3) is 0 Å². The lowest BCUT2D eigenvalue weighted by molar-refractivity contribution is -0.151. The fourth-order valence-electron chi connectivity index (χ4n) is 31.3. The van der Waals surface area contributed by atoms with E-state index in [9.17, 15) is 19.2 Å². The number of unbranched alkanes of at least 4 members (excludes halogenated alkanes) is 3. The Hall–Kier alpha value is -3.95. The summed E-state index contributed by atoms with van der Waals surface area (Å²) in [6, 6.07) is -0.593. The number of esters is 1. The van der Waals surface area contributed by atoms with Crippen LogP contribution in [0.5, 0.6) is 0 Å². The molecule has 0 saturated heterocycles. The Balaban J connectivity index is 0.623. The molecule has 700 valence electrons. The average Bonchev–Trinajstić information content (AvgIpc) is 1.67. The van der Waals surface area contributed by atoms with E-state index in [0.29, 0.717) is 55.1 Å². The largest absolute Gasteiger partial charge is 0.462 e. The third kappa shape index (κ3) is 23.9. The van der Waals surface area contributed by atoms with Crippen molar-refractivity contribution >= 4 is 29.9 Å². The van der Waals surface area contributed by atoms with E-state index < -0.39 is 6.04 Å². The van der Waals surface area contributed by atoms with Gasteiger partial charge in [0.2, 0.25) is 5.91 Å². The summed E-state index contributed by atoms with van der Waals surface area (Å²) in [4.78, 5) is 59.7. The Bertz CT molecular complexity index is 3370. The molecule has 15 heteroatoms. The van der Waals surface area contributed by atoms with E-state index in [-0.39, 0.29) is 64.5 Å². The lowest BCUT2D eigenvalue weighted by Gasteiger charge is -2.58. The van der Waals surface area contributed by atoms with Crippen LogP contribution < -0.4 is 27.4 Å². The minimum Gasteiger partial charge on any atom is -0.462 e. The van der Waals surface area contributed by atoms with Crippen LogP contribution in [0.3, 0.4) is 0 Å². The van der Waals surface area contributed by atoms with E-state index in [1.807, 2.05) is 0 Å². The molecule has 0 aromatic carbocycles. The monoisotopic (exact) mass is 1710 g/mol. The van der Waals surface area contributed by atoms with Gasteiger partial charge in [-0.3, -0.25) is 15.0 Å². The van der Waals surface area contributed by atoms with Gasteiger partial charge in [-0.1, -0.05) is 203 Å². The summed E-state index contributed by atoms with van der Waals surface area (Å²) in [6.07, 6.45) is 57.3. The average molecular weight is 1710 g/mol. The maximum Gasteiger partial charge on any atom is 0.407 e. The van der Waals surface area contributed by atoms with Crippen molar-refractivity contribution < 1.29 is 33.4 Å². The molecule has 0 aliphatic heterocycles. The summed E-state index contributed by atoms with van der Waals surface area (Å²) in [5.41, 5.74) is 18.7. The van der Waals surface area contributed by atoms with E-state index in [0.717, 1.165) is 261 Å². The first-order chi connectivity index (χ1) is 58.8. The smallest absolute Gasteiger partial charge is 0.407 e. The zero-order valence-corrected chi connectivity index (χ0v) is 81.5. The van der Waals surface area contributed by atoms with Crippen molar-refractivity contribution in [1.82, 2.24) is 25.8 Å². The molecular formula is C108H186N8O7. The molecule has 9 fully saturated rings. The van der Waals surface area contributed by atoms with E-state index >= 15 is 0 Å². The molecule has 0 aromatic heterocycles. The van der Waals surface area contributed by atoms with Crippen molar-refractivity contribution in [2.75, 3.05) is 58.9 Å². The van der Waals surface area contributed by atoms with Crippen molar-refractivity contribution in [1.29, 1.82) is 5.41 Å². The van der Waals surface area contributed by atoms with Crippen molar-refractivity contribution in [3.05, 3.63) is 34.9 Å². The second kappa shape index (κ2) is 44.3. The topological polar surface area (TPSA) is 214 Å². The minimum atomic E-state index is -0.593. The van der Waals surface area contributed by atoms with Gasteiger partial charge < -0.3 is 51.4 Å². The highest BCUT2D eigenvalue weighted by atomic mass is 16.6. The molecule has 25 unspecified atom stereocenters. The fraction of sp³-hybridized carbons (Fsp3) is 0.898. The quantitative estimate of drug-likeness (QED) is 0.00842. The zero-order chi connectivity index (χ0) is 88.0. The molecule has 0 aromatic rings. The first-order valence-electron chi connectivity index (χ1n) is 52.7. The van der Waals surface area contributed by atoms with Crippen molar-refractivity contribution in [3.8, 4) is 0 Å². The number of hydrogen-bond donors (Lipinski definition) is 6. The number of nitrogens with one attached hydrogen (secondary N) is 4. The number of rotatable bonds is 46. The van der Waals surface area contributed by atoms with Crippen LogP contribution in [-0.4, -0.2) is 123 Å². The van der Waals surface area contributed by atoms with Crippen LogP contribution in [0.2, 0.25) is 0 Å². The minimum absolute atomic E-state index is 0.0386.